The van der Waals surface area contributed by atoms with Gasteiger partial charge in [-0.15, -0.1) is 11.3 Å². The maximum atomic E-state index is 13.4. The molecule has 0 saturated carbocycles. The lowest BCUT2D eigenvalue weighted by molar-refractivity contribution is -0.137. The van der Waals surface area contributed by atoms with E-state index in [9.17, 15) is 9.18 Å². The molecule has 2 aliphatic rings. The lowest BCUT2D eigenvalue weighted by atomic mass is 9.93. The quantitative estimate of drug-likeness (QED) is 0.722. The number of benzene rings is 1. The molecule has 1 aliphatic carbocycles. The molecular formula is C22H25FN2OS. The molecule has 0 spiro atoms. The number of amides is 1. The Bertz CT molecular complexity index is 823. The molecule has 0 bridgehead atoms. The SMILES string of the molecule is O=C(C1CC=CCC1)N1CCN(Cc2ccc(-c3cccc(F)c3)s2)CC1. The first-order valence-electron chi connectivity index (χ1n) is 9.70. The van der Waals surface area contributed by atoms with Crippen LogP contribution in [0.3, 0.4) is 0 Å². The number of carbonyl (C=O) groups is 1. The summed E-state index contributed by atoms with van der Waals surface area (Å²) in [6.45, 7) is 4.37. The second kappa shape index (κ2) is 8.36. The molecule has 1 atom stereocenters. The van der Waals surface area contributed by atoms with Gasteiger partial charge in [-0.3, -0.25) is 9.69 Å². The molecule has 27 heavy (non-hydrogen) atoms. The molecule has 1 aliphatic heterocycles. The lowest BCUT2D eigenvalue weighted by Crippen LogP contribution is -2.50. The van der Waals surface area contributed by atoms with E-state index in [0.29, 0.717) is 5.91 Å². The molecule has 142 valence electrons. The number of hydrogen-bond donors (Lipinski definition) is 0. The summed E-state index contributed by atoms with van der Waals surface area (Å²) in [5.41, 5.74) is 0.934. The minimum Gasteiger partial charge on any atom is -0.340 e. The second-order valence-electron chi connectivity index (χ2n) is 7.36. The minimum absolute atomic E-state index is 0.188. The minimum atomic E-state index is -0.198. The number of hydrogen-bond acceptors (Lipinski definition) is 3. The molecule has 1 amide bonds. The Kier molecular flexibility index (Phi) is 5.69. The van der Waals surface area contributed by atoms with E-state index < -0.39 is 0 Å². The van der Waals surface area contributed by atoms with Gasteiger partial charge < -0.3 is 4.90 Å². The van der Waals surface area contributed by atoms with E-state index in [1.807, 2.05) is 11.0 Å². The summed E-state index contributed by atoms with van der Waals surface area (Å²) in [4.78, 5) is 19.5. The van der Waals surface area contributed by atoms with E-state index in [0.717, 1.165) is 62.4 Å². The molecule has 1 saturated heterocycles. The van der Waals surface area contributed by atoms with Crippen LogP contribution in [0.2, 0.25) is 0 Å². The van der Waals surface area contributed by atoms with Gasteiger partial charge >= 0.3 is 0 Å². The molecule has 1 aromatic carbocycles. The summed E-state index contributed by atoms with van der Waals surface area (Å²) in [6.07, 6.45) is 7.25. The fourth-order valence-electron chi connectivity index (χ4n) is 3.88. The van der Waals surface area contributed by atoms with Crippen LogP contribution in [0.5, 0.6) is 0 Å². The van der Waals surface area contributed by atoms with Crippen molar-refractivity contribution in [1.29, 1.82) is 0 Å². The van der Waals surface area contributed by atoms with Crippen molar-refractivity contribution in [3.8, 4) is 10.4 Å². The van der Waals surface area contributed by atoms with E-state index >= 15 is 0 Å². The second-order valence-corrected chi connectivity index (χ2v) is 8.53. The van der Waals surface area contributed by atoms with Crippen LogP contribution >= 0.6 is 11.3 Å². The number of rotatable bonds is 4. The van der Waals surface area contributed by atoms with Gasteiger partial charge in [0.15, 0.2) is 0 Å². The Morgan fingerprint density at radius 2 is 1.96 bits per heavy atom. The number of halogens is 1. The molecule has 4 rings (SSSR count). The van der Waals surface area contributed by atoms with Crippen LogP contribution in [0.4, 0.5) is 4.39 Å². The van der Waals surface area contributed by atoms with Gasteiger partial charge in [0.1, 0.15) is 5.82 Å². The monoisotopic (exact) mass is 384 g/mol. The van der Waals surface area contributed by atoms with Gasteiger partial charge in [-0.25, -0.2) is 4.39 Å². The summed E-state index contributed by atoms with van der Waals surface area (Å²) >= 11 is 1.72. The summed E-state index contributed by atoms with van der Waals surface area (Å²) in [6, 6.07) is 11.0. The van der Waals surface area contributed by atoms with Crippen LogP contribution in [0.25, 0.3) is 10.4 Å². The van der Waals surface area contributed by atoms with Crippen LogP contribution in [-0.4, -0.2) is 41.9 Å². The van der Waals surface area contributed by atoms with Crippen molar-refractivity contribution >= 4 is 17.2 Å². The first-order valence-corrected chi connectivity index (χ1v) is 10.5. The highest BCUT2D eigenvalue weighted by Crippen LogP contribution is 2.29. The van der Waals surface area contributed by atoms with Gasteiger partial charge in [-0.2, -0.15) is 0 Å². The number of allylic oxidation sites excluding steroid dienone is 2. The summed E-state index contributed by atoms with van der Waals surface area (Å²) < 4.78 is 13.4. The van der Waals surface area contributed by atoms with Crippen molar-refractivity contribution in [3.05, 3.63) is 59.2 Å². The number of nitrogens with zero attached hydrogens (tertiary/aromatic N) is 2. The lowest BCUT2D eigenvalue weighted by Gasteiger charge is -2.36. The highest BCUT2D eigenvalue weighted by Gasteiger charge is 2.27. The zero-order valence-electron chi connectivity index (χ0n) is 15.4. The first kappa shape index (κ1) is 18.4. The molecule has 1 fully saturated rings. The molecule has 1 aromatic heterocycles. The third-order valence-electron chi connectivity index (χ3n) is 5.45. The van der Waals surface area contributed by atoms with E-state index in [1.54, 1.807) is 23.5 Å². The molecule has 0 N–H and O–H groups in total. The summed E-state index contributed by atoms with van der Waals surface area (Å²) in [5.74, 6) is 0.327. The van der Waals surface area contributed by atoms with Gasteiger partial charge in [0, 0.05) is 48.4 Å². The molecule has 5 heteroatoms. The van der Waals surface area contributed by atoms with Crippen molar-refractivity contribution in [2.45, 2.75) is 25.8 Å². The average Bonchev–Trinajstić information content (AvgIpc) is 3.17. The normalized spacial score (nSPS) is 20.8. The maximum Gasteiger partial charge on any atom is 0.226 e. The van der Waals surface area contributed by atoms with Gasteiger partial charge in [0.25, 0.3) is 0 Å². The highest BCUT2D eigenvalue weighted by molar-refractivity contribution is 7.15. The fraction of sp³-hybridized carbons (Fsp3) is 0.409. The predicted molar refractivity (Wildman–Crippen MR) is 108 cm³/mol. The van der Waals surface area contributed by atoms with Crippen molar-refractivity contribution in [2.24, 2.45) is 5.92 Å². The Labute approximate surface area is 164 Å². The third kappa shape index (κ3) is 4.47. The molecule has 2 aromatic rings. The largest absolute Gasteiger partial charge is 0.340 e. The molecular weight excluding hydrogens is 359 g/mol. The topological polar surface area (TPSA) is 23.6 Å². The Balaban J connectivity index is 1.31. The molecule has 2 heterocycles. The van der Waals surface area contributed by atoms with Crippen molar-refractivity contribution in [1.82, 2.24) is 9.80 Å². The Morgan fingerprint density at radius 1 is 1.11 bits per heavy atom. The fourth-order valence-corrected chi connectivity index (χ4v) is 4.93. The number of piperazine rings is 1. The van der Waals surface area contributed by atoms with Gasteiger partial charge in [-0.1, -0.05) is 24.3 Å². The van der Waals surface area contributed by atoms with Gasteiger partial charge in [0.2, 0.25) is 5.91 Å². The number of carbonyl (C=O) groups excluding carboxylic acids is 1. The van der Waals surface area contributed by atoms with Crippen molar-refractivity contribution in [3.63, 3.8) is 0 Å². The van der Waals surface area contributed by atoms with E-state index in [2.05, 4.69) is 29.2 Å². The van der Waals surface area contributed by atoms with Crippen molar-refractivity contribution in [2.75, 3.05) is 26.2 Å². The van der Waals surface area contributed by atoms with Crippen LogP contribution in [0.1, 0.15) is 24.1 Å². The Hall–Kier alpha value is -1.98. The van der Waals surface area contributed by atoms with E-state index in [4.69, 9.17) is 0 Å². The predicted octanol–water partition coefficient (Wildman–Crippen LogP) is 4.55. The third-order valence-corrected chi connectivity index (χ3v) is 6.57. The molecule has 3 nitrogen and oxygen atoms in total. The highest BCUT2D eigenvalue weighted by atomic mass is 32.1. The summed E-state index contributed by atoms with van der Waals surface area (Å²) in [5, 5.41) is 0. The van der Waals surface area contributed by atoms with Gasteiger partial charge in [0.05, 0.1) is 0 Å². The van der Waals surface area contributed by atoms with Crippen LogP contribution < -0.4 is 0 Å². The maximum absolute atomic E-state index is 13.4. The summed E-state index contributed by atoms with van der Waals surface area (Å²) in [7, 11) is 0. The van der Waals surface area contributed by atoms with E-state index in [-0.39, 0.29) is 11.7 Å². The van der Waals surface area contributed by atoms with Crippen LogP contribution in [0, 0.1) is 11.7 Å². The first-order chi connectivity index (χ1) is 13.2. The number of thiophene rings is 1. The smallest absolute Gasteiger partial charge is 0.226 e. The molecule has 1 unspecified atom stereocenters. The van der Waals surface area contributed by atoms with E-state index in [1.165, 1.54) is 10.9 Å². The molecule has 0 radical (unpaired) electrons. The zero-order valence-corrected chi connectivity index (χ0v) is 16.3. The average molecular weight is 385 g/mol. The zero-order chi connectivity index (χ0) is 18.6. The Morgan fingerprint density at radius 3 is 2.70 bits per heavy atom. The standard InChI is InChI=1S/C22H25FN2OS/c23-19-8-4-7-18(15-19)21-10-9-20(27-21)16-24-11-13-25(14-12-24)22(26)17-5-2-1-3-6-17/h1-2,4,7-10,15,17H,3,5-6,11-14,16H2. The van der Waals surface area contributed by atoms with Crippen molar-refractivity contribution < 1.29 is 9.18 Å². The van der Waals surface area contributed by atoms with Crippen LogP contribution in [-0.2, 0) is 11.3 Å². The van der Waals surface area contributed by atoms with Gasteiger partial charge in [-0.05, 0) is 49.1 Å². The van der Waals surface area contributed by atoms with Crippen LogP contribution in [0.15, 0.2) is 48.6 Å².